The summed E-state index contributed by atoms with van der Waals surface area (Å²) in [5, 5.41) is 0. The van der Waals surface area contributed by atoms with Gasteiger partial charge in [-0.25, -0.2) is 0 Å². The first kappa shape index (κ1) is 66.3. The van der Waals surface area contributed by atoms with E-state index in [2.05, 4.69) is 118 Å². The Morgan fingerprint density at radius 3 is 0.914 bits per heavy atom. The third kappa shape index (κ3) is 55.3. The molecule has 0 aliphatic rings. The maximum Gasteiger partial charge on any atom is 0.306 e. The van der Waals surface area contributed by atoms with Gasteiger partial charge in [-0.05, 0) is 103 Å². The molecule has 0 saturated heterocycles. The third-order valence-electron chi connectivity index (χ3n) is 12.3. The number of rotatable bonds is 52. The van der Waals surface area contributed by atoms with Gasteiger partial charge in [0.15, 0.2) is 6.10 Å². The van der Waals surface area contributed by atoms with Crippen molar-refractivity contribution in [1.29, 1.82) is 0 Å². The molecule has 0 aromatic heterocycles. The molecule has 0 unspecified atom stereocenters. The Morgan fingerprint density at radius 2 is 0.557 bits per heavy atom. The van der Waals surface area contributed by atoms with E-state index in [0.717, 1.165) is 122 Å². The van der Waals surface area contributed by atoms with Gasteiger partial charge >= 0.3 is 17.9 Å². The van der Waals surface area contributed by atoms with E-state index in [9.17, 15) is 14.4 Å². The van der Waals surface area contributed by atoms with Gasteiger partial charge in [0.1, 0.15) is 13.2 Å². The number of unbranched alkanes of at least 4 members (excludes halogenated alkanes) is 25. The minimum absolute atomic E-state index is 0.0923. The Morgan fingerprint density at radius 1 is 0.300 bits per heavy atom. The van der Waals surface area contributed by atoms with Crippen LogP contribution < -0.4 is 0 Å². The van der Waals surface area contributed by atoms with E-state index < -0.39 is 6.10 Å². The number of ether oxygens (including phenoxy) is 3. The van der Waals surface area contributed by atoms with Crippen molar-refractivity contribution in [2.24, 2.45) is 0 Å². The molecule has 0 heterocycles. The Kier molecular flexibility index (Phi) is 54.9. The van der Waals surface area contributed by atoms with Gasteiger partial charge in [-0.1, -0.05) is 246 Å². The number of esters is 3. The number of hydrogen-bond donors (Lipinski definition) is 0. The average Bonchev–Trinajstić information content (AvgIpc) is 3.36. The van der Waals surface area contributed by atoms with Crippen LogP contribution >= 0.6 is 0 Å². The third-order valence-corrected chi connectivity index (χ3v) is 12.3. The second-order valence-electron chi connectivity index (χ2n) is 19.2. The van der Waals surface area contributed by atoms with Crippen molar-refractivity contribution >= 4 is 17.9 Å². The van der Waals surface area contributed by atoms with Crippen molar-refractivity contribution in [3.8, 4) is 0 Å². The van der Waals surface area contributed by atoms with Crippen LogP contribution in [0.3, 0.4) is 0 Å². The van der Waals surface area contributed by atoms with Crippen LogP contribution in [0.5, 0.6) is 0 Å². The molecule has 6 nitrogen and oxygen atoms in total. The number of hydrogen-bond acceptors (Lipinski definition) is 6. The van der Waals surface area contributed by atoms with Crippen molar-refractivity contribution in [3.63, 3.8) is 0 Å². The summed E-state index contributed by atoms with van der Waals surface area (Å²) in [5.74, 6) is -0.933. The van der Waals surface area contributed by atoms with Gasteiger partial charge in [-0.3, -0.25) is 14.4 Å². The normalized spacial score (nSPS) is 12.8. The molecular formula is C64H108O6. The zero-order chi connectivity index (χ0) is 50.7. The molecule has 400 valence electrons. The van der Waals surface area contributed by atoms with Crippen molar-refractivity contribution in [1.82, 2.24) is 0 Å². The lowest BCUT2D eigenvalue weighted by Gasteiger charge is -2.18. The largest absolute Gasteiger partial charge is 0.462 e. The van der Waals surface area contributed by atoms with Gasteiger partial charge < -0.3 is 14.2 Å². The molecular weight excluding hydrogens is 865 g/mol. The molecule has 0 aromatic carbocycles. The minimum Gasteiger partial charge on any atom is -0.462 e. The van der Waals surface area contributed by atoms with Gasteiger partial charge in [0.05, 0.1) is 0 Å². The molecule has 70 heavy (non-hydrogen) atoms. The van der Waals surface area contributed by atoms with Crippen molar-refractivity contribution < 1.29 is 28.6 Å². The first-order valence-electron chi connectivity index (χ1n) is 29.2. The highest BCUT2D eigenvalue weighted by Gasteiger charge is 2.19. The molecule has 1 atom stereocenters. The number of carbonyl (C=O) groups excluding carboxylic acids is 3. The SMILES string of the molecule is CC/C=C\C/C=C\C/C=C\C/C=C\C/C=C\CCCCCC(=O)OC[C@@H](COC(=O)CCCCCCCCCCCCCCCC)OC(=O)CCCCCCCC/C=C\C/C=C\C/C=C\CCCCC. The Labute approximate surface area is 432 Å². The van der Waals surface area contributed by atoms with E-state index in [1.54, 1.807) is 0 Å². The van der Waals surface area contributed by atoms with Gasteiger partial charge in [-0.2, -0.15) is 0 Å². The van der Waals surface area contributed by atoms with Crippen LogP contribution in [0.15, 0.2) is 97.2 Å². The van der Waals surface area contributed by atoms with Crippen LogP contribution in [-0.2, 0) is 28.6 Å². The second kappa shape index (κ2) is 57.9. The van der Waals surface area contributed by atoms with Crippen LogP contribution in [0.4, 0.5) is 0 Å². The molecule has 0 N–H and O–H groups in total. The van der Waals surface area contributed by atoms with Gasteiger partial charge in [0.2, 0.25) is 0 Å². The van der Waals surface area contributed by atoms with E-state index >= 15 is 0 Å². The quantitative estimate of drug-likeness (QED) is 0.0262. The van der Waals surface area contributed by atoms with E-state index in [0.29, 0.717) is 19.3 Å². The Bertz CT molecular complexity index is 1400. The summed E-state index contributed by atoms with van der Waals surface area (Å²) in [4.78, 5) is 38.2. The fraction of sp³-hybridized carbons (Fsp3) is 0.703. The maximum absolute atomic E-state index is 12.9. The molecule has 6 heteroatoms. The summed E-state index contributed by atoms with van der Waals surface area (Å²) >= 11 is 0. The topological polar surface area (TPSA) is 78.9 Å². The highest BCUT2D eigenvalue weighted by Crippen LogP contribution is 2.15. The molecule has 0 rings (SSSR count). The van der Waals surface area contributed by atoms with Gasteiger partial charge in [0, 0.05) is 19.3 Å². The van der Waals surface area contributed by atoms with E-state index in [1.165, 1.54) is 109 Å². The van der Waals surface area contributed by atoms with Crippen LogP contribution in [0.2, 0.25) is 0 Å². The molecule has 0 aliphatic heterocycles. The summed E-state index contributed by atoms with van der Waals surface area (Å²) < 4.78 is 16.9. The molecule has 0 spiro atoms. The Balaban J connectivity index is 4.47. The van der Waals surface area contributed by atoms with E-state index in [1.807, 2.05) is 0 Å². The first-order valence-corrected chi connectivity index (χ1v) is 29.2. The molecule has 0 radical (unpaired) electrons. The standard InChI is InChI=1S/C64H108O6/c1-4-7-10-13-16-19-22-25-28-30-32-34-36-39-42-45-48-51-54-57-63(66)69-60-61(59-68-62(65)56-53-50-47-44-41-38-27-24-21-18-15-12-9-6-3)70-64(67)58-55-52-49-46-43-40-37-35-33-31-29-26-23-20-17-14-11-8-5-2/h7,10,16-17,19-20,25-26,28-29,32-35,39,42,61H,4-6,8-9,11-15,18,21-24,27,30-31,36-38,40-41,43-60H2,1-3H3/b10-7-,19-16-,20-17-,28-25-,29-26-,34-32-,35-33-,42-39-/t61-/m1/s1. The average molecular weight is 974 g/mol. The fourth-order valence-corrected chi connectivity index (χ4v) is 7.95. The van der Waals surface area contributed by atoms with Gasteiger partial charge in [0.25, 0.3) is 0 Å². The van der Waals surface area contributed by atoms with Crippen LogP contribution in [0.25, 0.3) is 0 Å². The van der Waals surface area contributed by atoms with E-state index in [-0.39, 0.29) is 31.1 Å². The predicted molar refractivity (Wildman–Crippen MR) is 302 cm³/mol. The smallest absolute Gasteiger partial charge is 0.306 e. The molecule has 0 saturated carbocycles. The maximum atomic E-state index is 12.9. The fourth-order valence-electron chi connectivity index (χ4n) is 7.95. The lowest BCUT2D eigenvalue weighted by Crippen LogP contribution is -2.30. The second-order valence-corrected chi connectivity index (χ2v) is 19.2. The molecule has 0 bridgehead atoms. The monoisotopic (exact) mass is 973 g/mol. The minimum atomic E-state index is -0.798. The van der Waals surface area contributed by atoms with Crippen LogP contribution in [0, 0.1) is 0 Å². The van der Waals surface area contributed by atoms with Crippen LogP contribution in [0.1, 0.15) is 271 Å². The first-order chi connectivity index (χ1) is 34.5. The number of allylic oxidation sites excluding steroid dienone is 16. The molecule has 0 aromatic rings. The predicted octanol–water partition coefficient (Wildman–Crippen LogP) is 19.7. The summed E-state index contributed by atoms with van der Waals surface area (Å²) in [7, 11) is 0. The highest BCUT2D eigenvalue weighted by molar-refractivity contribution is 5.71. The summed E-state index contributed by atoms with van der Waals surface area (Å²) in [6, 6.07) is 0. The molecule has 0 amide bonds. The van der Waals surface area contributed by atoms with Crippen LogP contribution in [-0.4, -0.2) is 37.2 Å². The van der Waals surface area contributed by atoms with Crippen molar-refractivity contribution in [2.75, 3.05) is 13.2 Å². The Hall–Kier alpha value is -3.67. The zero-order valence-electron chi connectivity index (χ0n) is 45.8. The van der Waals surface area contributed by atoms with Crippen molar-refractivity contribution in [2.45, 2.75) is 277 Å². The molecule has 0 aliphatic carbocycles. The summed E-state index contributed by atoms with van der Waals surface area (Å²) in [6.45, 7) is 6.47. The van der Waals surface area contributed by atoms with E-state index in [4.69, 9.17) is 14.2 Å². The van der Waals surface area contributed by atoms with Crippen molar-refractivity contribution in [3.05, 3.63) is 97.2 Å². The summed E-state index contributed by atoms with van der Waals surface area (Å²) in [5.41, 5.74) is 0. The lowest BCUT2D eigenvalue weighted by atomic mass is 10.0. The number of carbonyl (C=O) groups is 3. The molecule has 0 fully saturated rings. The lowest BCUT2D eigenvalue weighted by molar-refractivity contribution is -0.167. The zero-order valence-corrected chi connectivity index (χ0v) is 45.8. The summed E-state index contributed by atoms with van der Waals surface area (Å²) in [6.07, 6.45) is 76.8. The van der Waals surface area contributed by atoms with Gasteiger partial charge in [-0.15, -0.1) is 0 Å². The highest BCUT2D eigenvalue weighted by atomic mass is 16.6.